The molecule has 2 unspecified atom stereocenters. The van der Waals surface area contributed by atoms with Crippen molar-refractivity contribution in [3.8, 4) is 0 Å². The predicted octanol–water partition coefficient (Wildman–Crippen LogP) is 4.44. The highest BCUT2D eigenvalue weighted by atomic mass is 32.2. The van der Waals surface area contributed by atoms with Crippen LogP contribution in [0.2, 0.25) is 0 Å². The van der Waals surface area contributed by atoms with E-state index in [9.17, 15) is 0 Å². The number of hydrogen-bond acceptors (Lipinski definition) is 3. The number of nitrogens with zero attached hydrogens (tertiary/aromatic N) is 1. The zero-order valence-electron chi connectivity index (χ0n) is 11.9. The summed E-state index contributed by atoms with van der Waals surface area (Å²) in [5.74, 6) is 1.71. The van der Waals surface area contributed by atoms with Crippen LogP contribution < -0.4 is 5.14 Å². The zero-order chi connectivity index (χ0) is 14.1. The summed E-state index contributed by atoms with van der Waals surface area (Å²) in [5.41, 5.74) is 3.85. The molecule has 2 N–H and O–H groups in total. The Labute approximate surface area is 124 Å². The minimum Gasteiger partial charge on any atom is -0.274 e. The van der Waals surface area contributed by atoms with Gasteiger partial charge in [-0.15, -0.1) is 0 Å². The van der Waals surface area contributed by atoms with Gasteiger partial charge in [0.25, 0.3) is 0 Å². The molecule has 0 saturated heterocycles. The Morgan fingerprint density at radius 1 is 1.10 bits per heavy atom. The van der Waals surface area contributed by atoms with Gasteiger partial charge in [-0.25, -0.2) is 0 Å². The van der Waals surface area contributed by atoms with E-state index in [1.54, 1.807) is 0 Å². The second-order valence-corrected chi connectivity index (χ2v) is 6.48. The van der Waals surface area contributed by atoms with Gasteiger partial charge >= 0.3 is 0 Å². The quantitative estimate of drug-likeness (QED) is 0.843. The van der Waals surface area contributed by atoms with Crippen LogP contribution in [0.4, 0.5) is 0 Å². The van der Waals surface area contributed by atoms with Crippen molar-refractivity contribution in [2.75, 3.05) is 0 Å². The second-order valence-electron chi connectivity index (χ2n) is 5.78. The van der Waals surface area contributed by atoms with Gasteiger partial charge in [-0.1, -0.05) is 32.0 Å². The minimum atomic E-state index is 0.494. The molecule has 1 aliphatic carbocycles. The van der Waals surface area contributed by atoms with E-state index in [-0.39, 0.29) is 0 Å². The van der Waals surface area contributed by atoms with Crippen LogP contribution in [0.5, 0.6) is 0 Å². The molecule has 0 bridgehead atoms. The van der Waals surface area contributed by atoms with Crippen LogP contribution in [0.15, 0.2) is 47.4 Å². The third-order valence-electron chi connectivity index (χ3n) is 4.00. The molecule has 1 aromatic carbocycles. The lowest BCUT2D eigenvalue weighted by atomic mass is 10.1. The molecule has 3 heteroatoms. The molecule has 0 aliphatic heterocycles. The van der Waals surface area contributed by atoms with E-state index in [2.05, 4.69) is 56.3 Å². The van der Waals surface area contributed by atoms with Crippen molar-refractivity contribution in [3.05, 3.63) is 59.4 Å². The van der Waals surface area contributed by atoms with Gasteiger partial charge in [0.2, 0.25) is 0 Å². The Morgan fingerprint density at radius 2 is 1.85 bits per heavy atom. The molecule has 1 aliphatic rings. The van der Waals surface area contributed by atoms with E-state index in [4.69, 9.17) is 10.1 Å². The van der Waals surface area contributed by atoms with Gasteiger partial charge in [-0.3, -0.25) is 10.1 Å². The molecule has 1 aromatic heterocycles. The normalized spacial score (nSPS) is 21.2. The van der Waals surface area contributed by atoms with E-state index in [1.807, 2.05) is 0 Å². The molecule has 0 amide bonds. The average Bonchev–Trinajstić information content (AvgIpc) is 3.28. The summed E-state index contributed by atoms with van der Waals surface area (Å²) in [4.78, 5) is 5.94. The molecule has 1 heterocycles. The second kappa shape index (κ2) is 5.58. The van der Waals surface area contributed by atoms with Crippen LogP contribution in [0.25, 0.3) is 0 Å². The lowest BCUT2D eigenvalue weighted by molar-refractivity contribution is 0.801. The number of pyridine rings is 1. The van der Waals surface area contributed by atoms with E-state index in [1.165, 1.54) is 35.3 Å². The summed E-state index contributed by atoms with van der Waals surface area (Å²) < 4.78 is 0. The van der Waals surface area contributed by atoms with Crippen molar-refractivity contribution in [2.45, 2.75) is 42.9 Å². The molecular weight excluding hydrogens is 264 g/mol. The molecule has 0 spiro atoms. The summed E-state index contributed by atoms with van der Waals surface area (Å²) in [6.07, 6.45) is 1.21. The molecule has 0 radical (unpaired) electrons. The summed E-state index contributed by atoms with van der Waals surface area (Å²) in [6, 6.07) is 15.0. The van der Waals surface area contributed by atoms with E-state index in [0.717, 1.165) is 4.90 Å². The van der Waals surface area contributed by atoms with Gasteiger partial charge in [0, 0.05) is 22.2 Å². The largest absolute Gasteiger partial charge is 0.274 e. The fraction of sp³-hybridized carbons (Fsp3) is 0.353. The lowest BCUT2D eigenvalue weighted by Crippen LogP contribution is -1.96. The monoisotopic (exact) mass is 284 g/mol. The fourth-order valence-electron chi connectivity index (χ4n) is 2.68. The number of benzene rings is 1. The first-order chi connectivity index (χ1) is 9.69. The van der Waals surface area contributed by atoms with E-state index < -0.39 is 0 Å². The van der Waals surface area contributed by atoms with Gasteiger partial charge in [0.1, 0.15) is 0 Å². The molecule has 2 atom stereocenters. The molecule has 20 heavy (non-hydrogen) atoms. The number of rotatable bonds is 4. The van der Waals surface area contributed by atoms with E-state index in [0.29, 0.717) is 17.8 Å². The van der Waals surface area contributed by atoms with Crippen LogP contribution in [-0.4, -0.2) is 4.98 Å². The molecule has 104 valence electrons. The van der Waals surface area contributed by atoms with Gasteiger partial charge in [-0.2, -0.15) is 0 Å². The molecule has 3 rings (SSSR count). The average molecular weight is 284 g/mol. The smallest absolute Gasteiger partial charge is 0.0444 e. The van der Waals surface area contributed by atoms with Crippen LogP contribution in [0.3, 0.4) is 0 Å². The summed E-state index contributed by atoms with van der Waals surface area (Å²) in [7, 11) is 0. The first-order valence-electron chi connectivity index (χ1n) is 7.12. The van der Waals surface area contributed by atoms with Crippen molar-refractivity contribution in [3.63, 3.8) is 0 Å². The highest BCUT2D eigenvalue weighted by Crippen LogP contribution is 2.54. The molecule has 1 saturated carbocycles. The number of aromatic nitrogens is 1. The van der Waals surface area contributed by atoms with Crippen molar-refractivity contribution >= 4 is 11.9 Å². The van der Waals surface area contributed by atoms with Crippen LogP contribution in [0, 0.1) is 0 Å². The Morgan fingerprint density at radius 3 is 2.50 bits per heavy atom. The van der Waals surface area contributed by atoms with Gasteiger partial charge in [0.05, 0.1) is 0 Å². The topological polar surface area (TPSA) is 38.9 Å². The van der Waals surface area contributed by atoms with Crippen molar-refractivity contribution in [2.24, 2.45) is 5.14 Å². The van der Waals surface area contributed by atoms with Gasteiger partial charge in [0.15, 0.2) is 0 Å². The maximum Gasteiger partial charge on any atom is 0.0444 e. The first kappa shape index (κ1) is 13.7. The van der Waals surface area contributed by atoms with Gasteiger partial charge < -0.3 is 0 Å². The summed E-state index contributed by atoms with van der Waals surface area (Å²) in [5, 5.41) is 5.56. The molecule has 2 nitrogen and oxygen atoms in total. The SMILES string of the molecule is CC(C)c1cccc(C2CC2c2ccc(SN)cc2)n1. The highest BCUT2D eigenvalue weighted by molar-refractivity contribution is 7.97. The third kappa shape index (κ3) is 2.74. The standard InChI is InChI=1S/C17H20N2S/c1-11(2)16-4-3-5-17(19-16)15-10-14(15)12-6-8-13(20-18)9-7-12/h3-9,11,14-15H,10,18H2,1-2H3. The Hall–Kier alpha value is -1.32. The lowest BCUT2D eigenvalue weighted by Gasteiger charge is -2.07. The fourth-order valence-corrected chi connectivity index (χ4v) is 2.97. The number of nitrogens with two attached hydrogens (primary N) is 1. The maximum absolute atomic E-state index is 5.56. The zero-order valence-corrected chi connectivity index (χ0v) is 12.7. The van der Waals surface area contributed by atoms with E-state index >= 15 is 0 Å². The molecule has 2 aromatic rings. The Bertz CT molecular complexity index is 592. The van der Waals surface area contributed by atoms with Crippen LogP contribution >= 0.6 is 11.9 Å². The maximum atomic E-state index is 5.56. The summed E-state index contributed by atoms with van der Waals surface area (Å²) >= 11 is 1.30. The van der Waals surface area contributed by atoms with Gasteiger partial charge in [-0.05, 0) is 60.0 Å². The van der Waals surface area contributed by atoms with Crippen molar-refractivity contribution in [1.29, 1.82) is 0 Å². The van der Waals surface area contributed by atoms with Crippen molar-refractivity contribution < 1.29 is 0 Å². The molecular formula is C17H20N2S. The Balaban J connectivity index is 1.76. The van der Waals surface area contributed by atoms with Crippen LogP contribution in [0.1, 0.15) is 55.0 Å². The summed E-state index contributed by atoms with van der Waals surface area (Å²) in [6.45, 7) is 4.39. The van der Waals surface area contributed by atoms with Crippen molar-refractivity contribution in [1.82, 2.24) is 4.98 Å². The Kier molecular flexibility index (Phi) is 3.81. The minimum absolute atomic E-state index is 0.494. The predicted molar refractivity (Wildman–Crippen MR) is 84.9 cm³/mol. The first-order valence-corrected chi connectivity index (χ1v) is 8.00. The molecule has 1 fully saturated rings. The van der Waals surface area contributed by atoms with Crippen LogP contribution in [-0.2, 0) is 0 Å². The third-order valence-corrected chi connectivity index (χ3v) is 4.54. The number of hydrogen-bond donors (Lipinski definition) is 1. The highest BCUT2D eigenvalue weighted by Gasteiger charge is 2.40.